The molecule has 14 aliphatic rings. The summed E-state index contributed by atoms with van der Waals surface area (Å²) in [6.45, 7) is 0. The average molecular weight is 673 g/mol. The molecule has 14 aliphatic carbocycles. The average Bonchev–Trinajstić information content (AvgIpc) is 4.04. The van der Waals surface area contributed by atoms with Gasteiger partial charge in [-0.3, -0.25) is 4.79 Å². The summed E-state index contributed by atoms with van der Waals surface area (Å²) < 4.78 is 5.30. The van der Waals surface area contributed by atoms with Crippen molar-refractivity contribution in [2.45, 2.75) is 110 Å². The standard InChI is InChI=1S/C50H40O2/c1-52-26(51)8-5-15-49(17-6-3-2-4-7-17)48-35-25-16-24-22-12-11-19-18-9-10-20-21-13-14-23-34-31(21)37-28(20)27(18)36-29(19)30(22)38-32(24)33(25)43-42-40(38)39(36)41(37)44(42)46(34)50(49,45(23)48)47(35)43/h2-4,6-7,16,18-23,25,32-33,35,45,47-48H,5,8-15H2,1H3. The van der Waals surface area contributed by atoms with Gasteiger partial charge in [0.15, 0.2) is 0 Å². The minimum absolute atomic E-state index is 0.0271. The molecule has 15 unspecified atom stereocenters. The van der Waals surface area contributed by atoms with E-state index in [2.05, 4.69) is 36.4 Å². The molecule has 15 atom stereocenters. The Labute approximate surface area is 303 Å². The van der Waals surface area contributed by atoms with Crippen LogP contribution in [0.2, 0.25) is 0 Å². The van der Waals surface area contributed by atoms with E-state index in [0.29, 0.717) is 36.0 Å². The summed E-state index contributed by atoms with van der Waals surface area (Å²) in [6, 6.07) is 12.0. The second-order valence-corrected chi connectivity index (χ2v) is 20.7. The molecule has 3 saturated carbocycles. The Morgan fingerprint density at radius 1 is 0.750 bits per heavy atom. The molecule has 2 nitrogen and oxygen atoms in total. The van der Waals surface area contributed by atoms with E-state index >= 15 is 0 Å². The van der Waals surface area contributed by atoms with Crippen LogP contribution in [-0.2, 0) is 20.4 Å². The van der Waals surface area contributed by atoms with Crippen molar-refractivity contribution < 1.29 is 9.53 Å². The molecule has 18 rings (SSSR count). The normalized spacial score (nSPS) is 46.8. The van der Waals surface area contributed by atoms with Gasteiger partial charge in [-0.15, -0.1) is 0 Å². The third kappa shape index (κ3) is 1.84. The number of carbonyl (C=O) groups is 1. The molecule has 3 fully saturated rings. The first kappa shape index (κ1) is 25.4. The smallest absolute Gasteiger partial charge is 0.305 e. The maximum atomic E-state index is 12.8. The van der Waals surface area contributed by atoms with E-state index in [1.165, 1.54) is 38.5 Å². The number of fused-ring (bicyclic) bond motifs is 5. The van der Waals surface area contributed by atoms with E-state index in [4.69, 9.17) is 4.74 Å². The van der Waals surface area contributed by atoms with E-state index in [1.807, 2.05) is 93.9 Å². The Morgan fingerprint density at radius 3 is 2.21 bits per heavy atom. The van der Waals surface area contributed by atoms with Crippen LogP contribution in [0.15, 0.2) is 47.6 Å². The molecule has 1 spiro atoms. The highest BCUT2D eigenvalue weighted by Crippen LogP contribution is 2.95. The van der Waals surface area contributed by atoms with Crippen LogP contribution in [0.5, 0.6) is 0 Å². The Morgan fingerprint density at radius 2 is 1.44 bits per heavy atom. The molecule has 4 aromatic rings. The van der Waals surface area contributed by atoms with Crippen molar-refractivity contribution in [3.05, 3.63) is 109 Å². The van der Waals surface area contributed by atoms with Gasteiger partial charge in [0.2, 0.25) is 0 Å². The summed E-state index contributed by atoms with van der Waals surface area (Å²) in [4.78, 5) is 12.8. The molecule has 52 heavy (non-hydrogen) atoms. The highest BCUT2D eigenvalue weighted by Gasteiger charge is 2.91. The van der Waals surface area contributed by atoms with Crippen LogP contribution in [0.1, 0.15) is 160 Å². The molecule has 0 aromatic heterocycles. The van der Waals surface area contributed by atoms with E-state index in [1.54, 1.807) is 12.7 Å². The number of methoxy groups -OCH3 is 1. The second-order valence-electron chi connectivity index (χ2n) is 20.7. The third-order valence-electron chi connectivity index (χ3n) is 20.8. The van der Waals surface area contributed by atoms with Gasteiger partial charge >= 0.3 is 5.97 Å². The lowest BCUT2D eigenvalue weighted by Gasteiger charge is -2.67. The zero-order chi connectivity index (χ0) is 32.8. The van der Waals surface area contributed by atoms with E-state index < -0.39 is 0 Å². The van der Waals surface area contributed by atoms with Crippen molar-refractivity contribution in [2.24, 2.45) is 35.5 Å². The number of esters is 1. The number of ether oxygens (including phenoxy) is 1. The molecule has 0 N–H and O–H groups in total. The Kier molecular flexibility index (Phi) is 3.43. The zero-order valence-corrected chi connectivity index (χ0v) is 29.7. The zero-order valence-electron chi connectivity index (χ0n) is 29.7. The molecule has 0 amide bonds. The van der Waals surface area contributed by atoms with Crippen molar-refractivity contribution in [3.63, 3.8) is 0 Å². The summed E-state index contributed by atoms with van der Waals surface area (Å²) in [5.41, 5.74) is 26.7. The van der Waals surface area contributed by atoms with Gasteiger partial charge in [0, 0.05) is 29.1 Å². The summed E-state index contributed by atoms with van der Waals surface area (Å²) in [5, 5.41) is 7.33. The first-order valence-corrected chi connectivity index (χ1v) is 21.5. The van der Waals surface area contributed by atoms with Crippen molar-refractivity contribution in [2.75, 3.05) is 7.11 Å². The number of benzene rings is 4. The Hall–Kier alpha value is -3.65. The van der Waals surface area contributed by atoms with Crippen LogP contribution in [0, 0.1) is 35.5 Å². The Bertz CT molecular complexity index is 2780. The fourth-order valence-corrected chi connectivity index (χ4v) is 20.9. The van der Waals surface area contributed by atoms with Crippen LogP contribution in [0.4, 0.5) is 0 Å². The van der Waals surface area contributed by atoms with Crippen molar-refractivity contribution in [3.8, 4) is 0 Å². The Balaban J connectivity index is 1.09. The number of allylic oxidation sites excluding steroid dienone is 3. The monoisotopic (exact) mass is 672 g/mol. The molecule has 0 heterocycles. The number of rotatable bonds is 5. The lowest BCUT2D eigenvalue weighted by Crippen LogP contribution is -2.67. The van der Waals surface area contributed by atoms with Gasteiger partial charge in [0.05, 0.1) is 7.11 Å². The maximum Gasteiger partial charge on any atom is 0.305 e. The highest BCUT2D eigenvalue weighted by molar-refractivity contribution is 6.31. The molecule has 0 radical (unpaired) electrons. The first-order chi connectivity index (χ1) is 25.7. The minimum atomic E-state index is -0.0271. The van der Waals surface area contributed by atoms with Crippen LogP contribution in [0.25, 0.3) is 27.1 Å². The molecular weight excluding hydrogens is 633 g/mol. The van der Waals surface area contributed by atoms with Crippen molar-refractivity contribution in [1.82, 2.24) is 0 Å². The summed E-state index contributed by atoms with van der Waals surface area (Å²) in [7, 11) is 1.58. The van der Waals surface area contributed by atoms with Crippen LogP contribution >= 0.6 is 0 Å². The third-order valence-corrected chi connectivity index (χ3v) is 20.8. The van der Waals surface area contributed by atoms with E-state index in [9.17, 15) is 4.79 Å². The predicted octanol–water partition coefficient (Wildman–Crippen LogP) is 10.4. The molecule has 0 aliphatic heterocycles. The van der Waals surface area contributed by atoms with Gasteiger partial charge in [-0.25, -0.2) is 0 Å². The first-order valence-electron chi connectivity index (χ1n) is 21.5. The highest BCUT2D eigenvalue weighted by atomic mass is 16.5. The quantitative estimate of drug-likeness (QED) is 0.106. The van der Waals surface area contributed by atoms with Gasteiger partial charge in [-0.1, -0.05) is 47.6 Å². The van der Waals surface area contributed by atoms with Gasteiger partial charge < -0.3 is 4.74 Å². The van der Waals surface area contributed by atoms with Gasteiger partial charge in [-0.2, -0.15) is 0 Å². The second kappa shape index (κ2) is 7.02. The van der Waals surface area contributed by atoms with E-state index in [0.717, 1.165) is 60.2 Å². The van der Waals surface area contributed by atoms with Gasteiger partial charge in [0.25, 0.3) is 0 Å². The van der Waals surface area contributed by atoms with Gasteiger partial charge in [-0.05, 0) is 205 Å². The van der Waals surface area contributed by atoms with Crippen LogP contribution < -0.4 is 0 Å². The molecular formula is C50H40O2. The van der Waals surface area contributed by atoms with Crippen molar-refractivity contribution >= 4 is 33.1 Å². The van der Waals surface area contributed by atoms with Crippen molar-refractivity contribution in [1.29, 1.82) is 0 Å². The predicted molar refractivity (Wildman–Crippen MR) is 199 cm³/mol. The SMILES string of the molecule is COC(=O)CCCC1(c2ccccc2)C2C3C4C=C5C6CCC7c8c6c6c9c%10c8c8c%11c%12c%13c%14c%15c(c%12%10)C9=C(C4C56)C3C%151C2C%14CCC%13C%11CCC87. The summed E-state index contributed by atoms with van der Waals surface area (Å²) >= 11 is 0. The topological polar surface area (TPSA) is 26.3 Å². The fourth-order valence-electron chi connectivity index (χ4n) is 20.9. The molecule has 4 aromatic carbocycles. The molecule has 2 bridgehead atoms. The molecule has 252 valence electrons. The number of carbonyl (C=O) groups excluding carboxylic acids is 1. The summed E-state index contributed by atoms with van der Waals surface area (Å²) in [6.07, 6.45) is 14.2. The molecule has 0 saturated heterocycles. The maximum absolute atomic E-state index is 12.8. The van der Waals surface area contributed by atoms with Gasteiger partial charge in [0.1, 0.15) is 0 Å². The number of hydrogen-bond donors (Lipinski definition) is 0. The summed E-state index contributed by atoms with van der Waals surface area (Å²) in [5.74, 6) is 9.50. The molecule has 2 heteroatoms. The number of hydrogen-bond acceptors (Lipinski definition) is 2. The van der Waals surface area contributed by atoms with Crippen LogP contribution in [0.3, 0.4) is 0 Å². The minimum Gasteiger partial charge on any atom is -0.469 e. The largest absolute Gasteiger partial charge is 0.469 e. The lowest BCUT2D eigenvalue weighted by atomic mass is 9.35. The lowest BCUT2D eigenvalue weighted by molar-refractivity contribution is -0.141. The fraction of sp³-hybridized carbons (Fsp3) is 0.500. The van der Waals surface area contributed by atoms with E-state index in [-0.39, 0.29) is 16.8 Å². The van der Waals surface area contributed by atoms with Crippen LogP contribution in [-0.4, -0.2) is 13.1 Å².